The van der Waals surface area contributed by atoms with Gasteiger partial charge in [-0.3, -0.25) is 9.48 Å². The Morgan fingerprint density at radius 3 is 2.62 bits per heavy atom. The van der Waals surface area contributed by atoms with Crippen LogP contribution < -0.4 is 15.8 Å². The lowest BCUT2D eigenvalue weighted by molar-refractivity contribution is 0.0949. The first kappa shape index (κ1) is 18.3. The van der Waals surface area contributed by atoms with Crippen LogP contribution in [0.1, 0.15) is 10.5 Å². The predicted octanol–water partition coefficient (Wildman–Crippen LogP) is -0.401. The van der Waals surface area contributed by atoms with Crippen molar-refractivity contribution in [3.8, 4) is 0 Å². The van der Waals surface area contributed by atoms with Crippen LogP contribution in [0.4, 0.5) is 0 Å². The van der Waals surface area contributed by atoms with Crippen LogP contribution in [-0.2, 0) is 16.6 Å². The standard InChI is InChI=1S/C13H17ClN6O3S/c14-10-1-3-11(4-2-10)24(22,23)17-7-6-16-13(21)12-9-20(8-5-15)19-18-12/h1-4,9,17H,5-8,15H2,(H,16,21). The molecule has 0 aliphatic carbocycles. The molecule has 9 nitrogen and oxygen atoms in total. The van der Waals surface area contributed by atoms with Gasteiger partial charge < -0.3 is 11.1 Å². The molecular formula is C13H17ClN6O3S. The second kappa shape index (κ2) is 8.20. The Kier molecular flexibility index (Phi) is 6.26. The first-order chi connectivity index (χ1) is 11.4. The van der Waals surface area contributed by atoms with E-state index in [0.717, 1.165) is 0 Å². The summed E-state index contributed by atoms with van der Waals surface area (Å²) in [6.07, 6.45) is 1.47. The molecule has 0 aliphatic rings. The lowest BCUT2D eigenvalue weighted by Gasteiger charge is -2.07. The molecule has 0 saturated heterocycles. The zero-order valence-electron chi connectivity index (χ0n) is 12.6. The number of sulfonamides is 1. The number of rotatable bonds is 8. The topological polar surface area (TPSA) is 132 Å². The summed E-state index contributed by atoms with van der Waals surface area (Å²) in [4.78, 5) is 11.9. The minimum atomic E-state index is -3.65. The number of nitrogens with two attached hydrogens (primary N) is 1. The van der Waals surface area contributed by atoms with E-state index >= 15 is 0 Å². The van der Waals surface area contributed by atoms with Crippen LogP contribution in [0.5, 0.6) is 0 Å². The van der Waals surface area contributed by atoms with Gasteiger partial charge in [0.1, 0.15) is 0 Å². The third kappa shape index (κ3) is 4.99. The molecule has 0 aliphatic heterocycles. The van der Waals surface area contributed by atoms with Gasteiger partial charge in [0, 0.05) is 24.7 Å². The van der Waals surface area contributed by atoms with E-state index in [1.807, 2.05) is 0 Å². The van der Waals surface area contributed by atoms with Crippen LogP contribution in [0.25, 0.3) is 0 Å². The molecule has 4 N–H and O–H groups in total. The normalized spacial score (nSPS) is 11.4. The van der Waals surface area contributed by atoms with Gasteiger partial charge in [-0.05, 0) is 24.3 Å². The molecule has 11 heteroatoms. The summed E-state index contributed by atoms with van der Waals surface area (Å²) in [5.74, 6) is -0.441. The van der Waals surface area contributed by atoms with Crippen molar-refractivity contribution in [2.75, 3.05) is 19.6 Å². The second-order valence-electron chi connectivity index (χ2n) is 4.76. The van der Waals surface area contributed by atoms with Gasteiger partial charge in [-0.15, -0.1) is 5.10 Å². The first-order valence-corrected chi connectivity index (χ1v) is 8.92. The highest BCUT2D eigenvalue weighted by atomic mass is 35.5. The van der Waals surface area contributed by atoms with Crippen molar-refractivity contribution in [3.63, 3.8) is 0 Å². The number of nitrogens with one attached hydrogen (secondary N) is 2. The van der Waals surface area contributed by atoms with E-state index in [9.17, 15) is 13.2 Å². The average molecular weight is 373 g/mol. The number of nitrogens with zero attached hydrogens (tertiary/aromatic N) is 3. The van der Waals surface area contributed by atoms with Crippen molar-refractivity contribution in [2.45, 2.75) is 11.4 Å². The molecule has 0 saturated carbocycles. The number of carbonyl (C=O) groups is 1. The zero-order valence-corrected chi connectivity index (χ0v) is 14.2. The maximum Gasteiger partial charge on any atom is 0.273 e. The maximum atomic E-state index is 12.0. The molecule has 24 heavy (non-hydrogen) atoms. The molecule has 0 bridgehead atoms. The van der Waals surface area contributed by atoms with Crippen molar-refractivity contribution in [1.82, 2.24) is 25.0 Å². The van der Waals surface area contributed by atoms with Crippen molar-refractivity contribution in [1.29, 1.82) is 0 Å². The van der Waals surface area contributed by atoms with Gasteiger partial charge in [-0.25, -0.2) is 13.1 Å². The van der Waals surface area contributed by atoms with Crippen molar-refractivity contribution < 1.29 is 13.2 Å². The predicted molar refractivity (Wildman–Crippen MR) is 88.1 cm³/mol. The number of aromatic nitrogens is 3. The highest BCUT2D eigenvalue weighted by Gasteiger charge is 2.14. The summed E-state index contributed by atoms with van der Waals surface area (Å²) in [7, 11) is -3.65. The number of hydrogen-bond acceptors (Lipinski definition) is 6. The summed E-state index contributed by atoms with van der Waals surface area (Å²) >= 11 is 5.72. The Balaban J connectivity index is 1.81. The highest BCUT2D eigenvalue weighted by molar-refractivity contribution is 7.89. The first-order valence-electron chi connectivity index (χ1n) is 7.06. The molecular weight excluding hydrogens is 356 g/mol. The highest BCUT2D eigenvalue weighted by Crippen LogP contribution is 2.13. The van der Waals surface area contributed by atoms with E-state index in [-0.39, 0.29) is 23.7 Å². The molecule has 0 unspecified atom stereocenters. The smallest absolute Gasteiger partial charge is 0.273 e. The SMILES string of the molecule is NCCn1cc(C(=O)NCCNS(=O)(=O)c2ccc(Cl)cc2)nn1. The molecule has 1 aromatic heterocycles. The lowest BCUT2D eigenvalue weighted by atomic mass is 10.4. The van der Waals surface area contributed by atoms with E-state index in [4.69, 9.17) is 17.3 Å². The number of amides is 1. The molecule has 0 atom stereocenters. The monoisotopic (exact) mass is 372 g/mol. The summed E-state index contributed by atoms with van der Waals surface area (Å²) in [5, 5.41) is 10.5. The van der Waals surface area contributed by atoms with Crippen molar-refractivity contribution in [3.05, 3.63) is 41.2 Å². The third-order valence-electron chi connectivity index (χ3n) is 2.96. The molecule has 1 heterocycles. The Morgan fingerprint density at radius 1 is 1.25 bits per heavy atom. The number of hydrogen-bond donors (Lipinski definition) is 3. The molecule has 0 radical (unpaired) electrons. The molecule has 1 aromatic carbocycles. The summed E-state index contributed by atoms with van der Waals surface area (Å²) < 4.78 is 27.9. The van der Waals surface area contributed by atoms with E-state index in [2.05, 4.69) is 20.4 Å². The van der Waals surface area contributed by atoms with Gasteiger partial charge in [0.25, 0.3) is 5.91 Å². The van der Waals surface area contributed by atoms with Gasteiger partial charge in [0.2, 0.25) is 10.0 Å². The quantitative estimate of drug-likeness (QED) is 0.540. The summed E-state index contributed by atoms with van der Waals surface area (Å²) in [6.45, 7) is 0.987. The Labute approximate surface area is 144 Å². The van der Waals surface area contributed by atoms with Gasteiger partial charge >= 0.3 is 0 Å². The molecule has 1 amide bonds. The molecule has 130 valence electrons. The fraction of sp³-hybridized carbons (Fsp3) is 0.308. The average Bonchev–Trinajstić information content (AvgIpc) is 3.01. The van der Waals surface area contributed by atoms with Gasteiger partial charge in [-0.1, -0.05) is 16.8 Å². The number of halogens is 1. The third-order valence-corrected chi connectivity index (χ3v) is 4.68. The van der Waals surface area contributed by atoms with E-state index in [1.165, 1.54) is 35.1 Å². The van der Waals surface area contributed by atoms with Crippen LogP contribution >= 0.6 is 11.6 Å². The molecule has 0 fully saturated rings. The lowest BCUT2D eigenvalue weighted by Crippen LogP contribution is -2.34. The van der Waals surface area contributed by atoms with E-state index in [0.29, 0.717) is 18.1 Å². The molecule has 0 spiro atoms. The number of carbonyl (C=O) groups excluding carboxylic acids is 1. The van der Waals surface area contributed by atoms with Crippen LogP contribution in [0.15, 0.2) is 35.4 Å². The number of benzene rings is 1. The maximum absolute atomic E-state index is 12.0. The fourth-order valence-corrected chi connectivity index (χ4v) is 2.95. The fourth-order valence-electron chi connectivity index (χ4n) is 1.79. The van der Waals surface area contributed by atoms with Crippen LogP contribution in [0.3, 0.4) is 0 Å². The Bertz CT molecular complexity index is 790. The zero-order chi connectivity index (χ0) is 17.6. The van der Waals surface area contributed by atoms with Gasteiger partial charge in [0.05, 0.1) is 17.6 Å². The summed E-state index contributed by atoms with van der Waals surface area (Å²) in [6, 6.07) is 5.78. The van der Waals surface area contributed by atoms with Crippen LogP contribution in [0.2, 0.25) is 5.02 Å². The second-order valence-corrected chi connectivity index (χ2v) is 6.97. The Morgan fingerprint density at radius 2 is 1.96 bits per heavy atom. The summed E-state index contributed by atoms with van der Waals surface area (Å²) in [5.41, 5.74) is 5.52. The largest absolute Gasteiger partial charge is 0.349 e. The van der Waals surface area contributed by atoms with Crippen molar-refractivity contribution in [2.24, 2.45) is 5.73 Å². The van der Waals surface area contributed by atoms with Gasteiger partial charge in [-0.2, -0.15) is 0 Å². The van der Waals surface area contributed by atoms with Crippen LogP contribution in [0, 0.1) is 0 Å². The minimum Gasteiger partial charge on any atom is -0.349 e. The van der Waals surface area contributed by atoms with E-state index < -0.39 is 15.9 Å². The minimum absolute atomic E-state index is 0.0354. The van der Waals surface area contributed by atoms with Crippen LogP contribution in [-0.4, -0.2) is 49.0 Å². The molecule has 2 aromatic rings. The van der Waals surface area contributed by atoms with Gasteiger partial charge in [0.15, 0.2) is 5.69 Å². The van der Waals surface area contributed by atoms with E-state index in [1.54, 1.807) is 0 Å². The Hall–Kier alpha value is -2.01. The van der Waals surface area contributed by atoms with Crippen molar-refractivity contribution >= 4 is 27.5 Å². The molecule has 2 rings (SSSR count).